The first-order valence-corrected chi connectivity index (χ1v) is 9.39. The predicted molar refractivity (Wildman–Crippen MR) is 97.9 cm³/mol. The zero-order chi connectivity index (χ0) is 17.4. The molecule has 2 rings (SSSR count). The number of hydrogen-bond donors (Lipinski definition) is 1. The molecule has 136 valence electrons. The fraction of sp³-hybridized carbons (Fsp3) is 0.700. The first-order valence-electron chi connectivity index (χ1n) is 9.39. The van der Waals surface area contributed by atoms with Crippen LogP contribution >= 0.6 is 0 Å². The number of unbranched alkanes of at least 4 members (excludes halogenated alkanes) is 2. The van der Waals surface area contributed by atoms with E-state index >= 15 is 0 Å². The van der Waals surface area contributed by atoms with Gasteiger partial charge in [0.25, 0.3) is 0 Å². The predicted octanol–water partition coefficient (Wildman–Crippen LogP) is 3.51. The molecule has 0 radical (unpaired) electrons. The Kier molecular flexibility index (Phi) is 7.86. The van der Waals surface area contributed by atoms with E-state index in [0.29, 0.717) is 6.61 Å². The van der Waals surface area contributed by atoms with Crippen LogP contribution in [0, 0.1) is 5.92 Å². The molecule has 24 heavy (non-hydrogen) atoms. The lowest BCUT2D eigenvalue weighted by atomic mass is 9.89. The van der Waals surface area contributed by atoms with E-state index in [1.807, 2.05) is 13.0 Å². The van der Waals surface area contributed by atoms with Crippen molar-refractivity contribution < 1.29 is 14.6 Å². The highest BCUT2D eigenvalue weighted by molar-refractivity contribution is 5.43. The molecule has 2 atom stereocenters. The van der Waals surface area contributed by atoms with Crippen LogP contribution < -0.4 is 9.47 Å². The Bertz CT molecular complexity index is 492. The third-order valence-corrected chi connectivity index (χ3v) is 4.71. The molecule has 1 heterocycles. The Hall–Kier alpha value is -1.26. The largest absolute Gasteiger partial charge is 0.490 e. The Labute approximate surface area is 146 Å². The summed E-state index contributed by atoms with van der Waals surface area (Å²) in [6, 6.07) is 6.21. The van der Waals surface area contributed by atoms with Gasteiger partial charge in [-0.15, -0.1) is 0 Å². The van der Waals surface area contributed by atoms with Crippen LogP contribution in [0.1, 0.15) is 45.1 Å². The van der Waals surface area contributed by atoms with Crippen LogP contribution in [0.3, 0.4) is 0 Å². The zero-order valence-corrected chi connectivity index (χ0v) is 15.5. The maximum absolute atomic E-state index is 10.3. The Morgan fingerprint density at radius 2 is 2.00 bits per heavy atom. The maximum atomic E-state index is 10.3. The summed E-state index contributed by atoms with van der Waals surface area (Å²) < 4.78 is 11.7. The summed E-state index contributed by atoms with van der Waals surface area (Å²) in [5, 5.41) is 10.3. The highest BCUT2D eigenvalue weighted by Gasteiger charge is 2.26. The molecule has 0 bridgehead atoms. The Balaban J connectivity index is 2.01. The number of likely N-dealkylation sites (tertiary alicyclic amines) is 1. The minimum Gasteiger partial charge on any atom is -0.490 e. The van der Waals surface area contributed by atoms with Gasteiger partial charge in [0.2, 0.25) is 0 Å². The number of nitrogens with zero attached hydrogens (tertiary/aromatic N) is 1. The second-order valence-electron chi connectivity index (χ2n) is 6.85. The molecule has 1 aromatic rings. The van der Waals surface area contributed by atoms with Crippen molar-refractivity contribution in [2.24, 2.45) is 5.92 Å². The van der Waals surface area contributed by atoms with Gasteiger partial charge >= 0.3 is 0 Å². The van der Waals surface area contributed by atoms with Gasteiger partial charge in [-0.25, -0.2) is 0 Å². The van der Waals surface area contributed by atoms with E-state index in [-0.39, 0.29) is 12.0 Å². The summed E-state index contributed by atoms with van der Waals surface area (Å²) in [6.45, 7) is 7.47. The van der Waals surface area contributed by atoms with Gasteiger partial charge in [-0.05, 0) is 50.9 Å². The third-order valence-electron chi connectivity index (χ3n) is 4.71. The van der Waals surface area contributed by atoms with Crippen LogP contribution in [0.25, 0.3) is 0 Å². The van der Waals surface area contributed by atoms with Crippen LogP contribution in [0.4, 0.5) is 0 Å². The second-order valence-corrected chi connectivity index (χ2v) is 6.85. The Morgan fingerprint density at radius 3 is 2.75 bits per heavy atom. The van der Waals surface area contributed by atoms with Crippen molar-refractivity contribution in [3.63, 3.8) is 0 Å². The van der Waals surface area contributed by atoms with Gasteiger partial charge < -0.3 is 19.5 Å². The van der Waals surface area contributed by atoms with E-state index in [0.717, 1.165) is 50.5 Å². The molecule has 0 amide bonds. The molecular formula is C20H33NO3. The molecule has 0 aliphatic carbocycles. The van der Waals surface area contributed by atoms with E-state index in [4.69, 9.17) is 9.47 Å². The van der Waals surface area contributed by atoms with E-state index in [2.05, 4.69) is 31.0 Å². The lowest BCUT2D eigenvalue weighted by Crippen LogP contribution is -2.41. The van der Waals surface area contributed by atoms with Gasteiger partial charge in [0.05, 0.1) is 19.3 Å². The van der Waals surface area contributed by atoms with E-state index in [9.17, 15) is 5.11 Å². The summed E-state index contributed by atoms with van der Waals surface area (Å²) in [7, 11) is 2.12. The number of ether oxygens (including phenoxy) is 2. The summed E-state index contributed by atoms with van der Waals surface area (Å²) >= 11 is 0. The number of rotatable bonds is 9. The number of aliphatic hydroxyl groups is 1. The van der Waals surface area contributed by atoms with E-state index < -0.39 is 0 Å². The van der Waals surface area contributed by atoms with Gasteiger partial charge in [-0.2, -0.15) is 0 Å². The molecular weight excluding hydrogens is 302 g/mol. The van der Waals surface area contributed by atoms with Gasteiger partial charge in [-0.1, -0.05) is 25.8 Å². The van der Waals surface area contributed by atoms with Gasteiger partial charge in [0, 0.05) is 19.0 Å². The average molecular weight is 335 g/mol. The lowest BCUT2D eigenvalue weighted by molar-refractivity contribution is 0.0366. The summed E-state index contributed by atoms with van der Waals surface area (Å²) in [6.07, 6.45) is 4.99. The van der Waals surface area contributed by atoms with Crippen LogP contribution in [0.2, 0.25) is 0 Å². The SMILES string of the molecule is CCCCCOc1ccc(CC2CN(C)CCC2O)cc1OCC. The zero-order valence-electron chi connectivity index (χ0n) is 15.5. The fourth-order valence-corrected chi connectivity index (χ4v) is 3.31. The van der Waals surface area contributed by atoms with Gasteiger partial charge in [0.15, 0.2) is 11.5 Å². The molecule has 4 nitrogen and oxygen atoms in total. The number of hydrogen-bond acceptors (Lipinski definition) is 4. The van der Waals surface area contributed by atoms with Crippen LogP contribution in [0.5, 0.6) is 11.5 Å². The maximum Gasteiger partial charge on any atom is 0.161 e. The molecule has 1 aliphatic rings. The minimum absolute atomic E-state index is 0.207. The summed E-state index contributed by atoms with van der Waals surface area (Å²) in [5.41, 5.74) is 1.21. The monoisotopic (exact) mass is 335 g/mol. The number of aliphatic hydroxyl groups excluding tert-OH is 1. The molecule has 0 aromatic heterocycles. The van der Waals surface area contributed by atoms with Crippen LogP contribution in [-0.2, 0) is 6.42 Å². The molecule has 0 spiro atoms. The highest BCUT2D eigenvalue weighted by Crippen LogP contribution is 2.31. The molecule has 1 N–H and O–H groups in total. The van der Waals surface area contributed by atoms with Crippen LogP contribution in [0.15, 0.2) is 18.2 Å². The third kappa shape index (κ3) is 5.67. The highest BCUT2D eigenvalue weighted by atomic mass is 16.5. The summed E-state index contributed by atoms with van der Waals surface area (Å²) in [5.74, 6) is 1.94. The van der Waals surface area contributed by atoms with Crippen LogP contribution in [-0.4, -0.2) is 49.5 Å². The second kappa shape index (κ2) is 9.90. The van der Waals surface area contributed by atoms with Gasteiger partial charge in [0.1, 0.15) is 0 Å². The van der Waals surface area contributed by atoms with Crippen molar-refractivity contribution in [3.05, 3.63) is 23.8 Å². The molecule has 4 heteroatoms. The van der Waals surface area contributed by atoms with Crippen molar-refractivity contribution in [3.8, 4) is 11.5 Å². The van der Waals surface area contributed by atoms with Crippen molar-refractivity contribution in [2.75, 3.05) is 33.4 Å². The van der Waals surface area contributed by atoms with Crippen molar-refractivity contribution in [1.29, 1.82) is 0 Å². The fourth-order valence-electron chi connectivity index (χ4n) is 3.31. The quantitative estimate of drug-likeness (QED) is 0.701. The van der Waals surface area contributed by atoms with Gasteiger partial charge in [-0.3, -0.25) is 0 Å². The minimum atomic E-state index is -0.207. The average Bonchev–Trinajstić information content (AvgIpc) is 2.57. The normalized spacial score (nSPS) is 21.7. The molecule has 1 aliphatic heterocycles. The molecule has 1 saturated heterocycles. The lowest BCUT2D eigenvalue weighted by Gasteiger charge is -2.34. The van der Waals surface area contributed by atoms with Crippen molar-refractivity contribution in [2.45, 2.75) is 52.1 Å². The molecule has 1 aromatic carbocycles. The van der Waals surface area contributed by atoms with Crippen molar-refractivity contribution >= 4 is 0 Å². The number of piperidine rings is 1. The molecule has 2 unspecified atom stereocenters. The summed E-state index contributed by atoms with van der Waals surface area (Å²) in [4.78, 5) is 2.30. The topological polar surface area (TPSA) is 41.9 Å². The Morgan fingerprint density at radius 1 is 1.17 bits per heavy atom. The van der Waals surface area contributed by atoms with E-state index in [1.165, 1.54) is 18.4 Å². The first-order chi connectivity index (χ1) is 11.6. The number of benzene rings is 1. The molecule has 1 fully saturated rings. The molecule has 0 saturated carbocycles. The standard InChI is InChI=1S/C20H33NO3/c1-4-6-7-12-24-19-9-8-16(14-20(19)23-5-2)13-17-15-21(3)11-10-18(17)22/h8-9,14,17-18,22H,4-7,10-13,15H2,1-3H3. The first kappa shape index (κ1) is 19.1. The van der Waals surface area contributed by atoms with E-state index in [1.54, 1.807) is 0 Å². The smallest absolute Gasteiger partial charge is 0.161 e. The van der Waals surface area contributed by atoms with Crippen molar-refractivity contribution in [1.82, 2.24) is 4.90 Å².